The van der Waals surface area contributed by atoms with Gasteiger partial charge in [0.25, 0.3) is 0 Å². The molecule has 0 aliphatic rings. The number of nitrogens with one attached hydrogen (secondary N) is 1. The van der Waals surface area contributed by atoms with Crippen LogP contribution in [-0.2, 0) is 6.42 Å². The maximum Gasteiger partial charge on any atom is 0.0406 e. The van der Waals surface area contributed by atoms with Gasteiger partial charge in [-0.05, 0) is 49.5 Å². The molecule has 1 unspecified atom stereocenters. The SMILES string of the molecule is CCCC(CNCC)Cc1ccc(Cl)cc1. The van der Waals surface area contributed by atoms with Gasteiger partial charge in [0.15, 0.2) is 0 Å². The highest BCUT2D eigenvalue weighted by molar-refractivity contribution is 6.30. The lowest BCUT2D eigenvalue weighted by Gasteiger charge is -2.16. The summed E-state index contributed by atoms with van der Waals surface area (Å²) >= 11 is 5.88. The molecule has 1 nitrogen and oxygen atoms in total. The fourth-order valence-corrected chi connectivity index (χ4v) is 2.11. The molecule has 0 aliphatic carbocycles. The van der Waals surface area contributed by atoms with Gasteiger partial charge in [-0.15, -0.1) is 0 Å². The standard InChI is InChI=1S/C14H22ClN/c1-3-5-13(11-16-4-2)10-12-6-8-14(15)9-7-12/h6-9,13,16H,3-5,10-11H2,1-2H3. The molecule has 0 radical (unpaired) electrons. The molecule has 0 saturated heterocycles. The lowest BCUT2D eigenvalue weighted by Crippen LogP contribution is -2.24. The second-order valence-electron chi connectivity index (χ2n) is 4.29. The van der Waals surface area contributed by atoms with Gasteiger partial charge in [-0.1, -0.05) is 44.0 Å². The summed E-state index contributed by atoms with van der Waals surface area (Å²) in [6.45, 7) is 6.58. The van der Waals surface area contributed by atoms with Gasteiger partial charge in [-0.3, -0.25) is 0 Å². The molecule has 0 saturated carbocycles. The van der Waals surface area contributed by atoms with E-state index in [1.165, 1.54) is 18.4 Å². The third-order valence-electron chi connectivity index (χ3n) is 2.82. The van der Waals surface area contributed by atoms with Crippen LogP contribution in [0.4, 0.5) is 0 Å². The number of halogens is 1. The van der Waals surface area contributed by atoms with Gasteiger partial charge >= 0.3 is 0 Å². The predicted octanol–water partition coefficient (Wildman–Crippen LogP) is 3.91. The Hall–Kier alpha value is -0.530. The molecule has 0 amide bonds. The summed E-state index contributed by atoms with van der Waals surface area (Å²) in [5.41, 5.74) is 1.39. The fraction of sp³-hybridized carbons (Fsp3) is 0.571. The molecule has 16 heavy (non-hydrogen) atoms. The van der Waals surface area contributed by atoms with Crippen LogP contribution in [0.15, 0.2) is 24.3 Å². The van der Waals surface area contributed by atoms with E-state index in [0.717, 1.165) is 30.5 Å². The summed E-state index contributed by atoms with van der Waals surface area (Å²) in [6.07, 6.45) is 3.69. The molecule has 1 aromatic rings. The first-order chi connectivity index (χ1) is 7.76. The Bertz CT molecular complexity index is 281. The highest BCUT2D eigenvalue weighted by atomic mass is 35.5. The second kappa shape index (κ2) is 7.70. The second-order valence-corrected chi connectivity index (χ2v) is 4.73. The van der Waals surface area contributed by atoms with Crippen molar-refractivity contribution >= 4 is 11.6 Å². The third-order valence-corrected chi connectivity index (χ3v) is 3.07. The van der Waals surface area contributed by atoms with Gasteiger partial charge in [0.2, 0.25) is 0 Å². The monoisotopic (exact) mass is 239 g/mol. The molecular formula is C14H22ClN. The van der Waals surface area contributed by atoms with Crippen molar-refractivity contribution in [3.05, 3.63) is 34.9 Å². The number of benzene rings is 1. The summed E-state index contributed by atoms with van der Waals surface area (Å²) < 4.78 is 0. The van der Waals surface area contributed by atoms with Crippen molar-refractivity contribution in [2.75, 3.05) is 13.1 Å². The van der Waals surface area contributed by atoms with Crippen LogP contribution in [0.3, 0.4) is 0 Å². The van der Waals surface area contributed by atoms with E-state index in [9.17, 15) is 0 Å². The Kier molecular flexibility index (Phi) is 6.51. The molecule has 1 atom stereocenters. The highest BCUT2D eigenvalue weighted by Crippen LogP contribution is 2.16. The van der Waals surface area contributed by atoms with Crippen LogP contribution < -0.4 is 5.32 Å². The topological polar surface area (TPSA) is 12.0 Å². The molecule has 1 rings (SSSR count). The summed E-state index contributed by atoms with van der Waals surface area (Å²) in [7, 11) is 0. The van der Waals surface area contributed by atoms with Crippen molar-refractivity contribution in [2.24, 2.45) is 5.92 Å². The average Bonchev–Trinajstić information content (AvgIpc) is 2.29. The van der Waals surface area contributed by atoms with Crippen LogP contribution in [-0.4, -0.2) is 13.1 Å². The van der Waals surface area contributed by atoms with Gasteiger partial charge in [-0.2, -0.15) is 0 Å². The normalized spacial score (nSPS) is 12.7. The van der Waals surface area contributed by atoms with E-state index in [4.69, 9.17) is 11.6 Å². The van der Waals surface area contributed by atoms with Crippen LogP contribution in [0.1, 0.15) is 32.3 Å². The molecule has 0 fully saturated rings. The van der Waals surface area contributed by atoms with Crippen LogP contribution in [0.5, 0.6) is 0 Å². The third kappa shape index (κ3) is 5.00. The fourth-order valence-electron chi connectivity index (χ4n) is 1.99. The number of hydrogen-bond donors (Lipinski definition) is 1. The smallest absolute Gasteiger partial charge is 0.0406 e. The summed E-state index contributed by atoms with van der Waals surface area (Å²) in [5.74, 6) is 0.742. The maximum atomic E-state index is 5.88. The van der Waals surface area contributed by atoms with Crippen molar-refractivity contribution < 1.29 is 0 Å². The Morgan fingerprint density at radius 3 is 2.44 bits per heavy atom. The maximum absolute atomic E-state index is 5.88. The Morgan fingerprint density at radius 1 is 1.19 bits per heavy atom. The summed E-state index contributed by atoms with van der Waals surface area (Å²) in [5, 5.41) is 4.26. The molecular weight excluding hydrogens is 218 g/mol. The van der Waals surface area contributed by atoms with E-state index in [0.29, 0.717) is 0 Å². The van der Waals surface area contributed by atoms with E-state index in [2.05, 4.69) is 31.3 Å². The number of rotatable bonds is 7. The largest absolute Gasteiger partial charge is 0.317 e. The lowest BCUT2D eigenvalue weighted by atomic mass is 9.95. The van der Waals surface area contributed by atoms with E-state index in [1.807, 2.05) is 12.1 Å². The van der Waals surface area contributed by atoms with Gasteiger partial charge in [0.05, 0.1) is 0 Å². The first-order valence-corrected chi connectivity index (χ1v) is 6.59. The quantitative estimate of drug-likeness (QED) is 0.761. The Morgan fingerprint density at radius 2 is 1.88 bits per heavy atom. The van der Waals surface area contributed by atoms with Crippen molar-refractivity contribution in [1.82, 2.24) is 5.32 Å². The predicted molar refractivity (Wildman–Crippen MR) is 72.1 cm³/mol. The minimum absolute atomic E-state index is 0.742. The molecule has 0 aromatic heterocycles. The van der Waals surface area contributed by atoms with Gasteiger partial charge in [0, 0.05) is 5.02 Å². The molecule has 90 valence electrons. The van der Waals surface area contributed by atoms with Gasteiger partial charge in [-0.25, -0.2) is 0 Å². The first-order valence-electron chi connectivity index (χ1n) is 6.21. The zero-order valence-electron chi connectivity index (χ0n) is 10.3. The van der Waals surface area contributed by atoms with Crippen molar-refractivity contribution in [2.45, 2.75) is 33.1 Å². The van der Waals surface area contributed by atoms with E-state index < -0.39 is 0 Å². The molecule has 0 bridgehead atoms. The van der Waals surface area contributed by atoms with E-state index in [-0.39, 0.29) is 0 Å². The first kappa shape index (κ1) is 13.5. The molecule has 1 N–H and O–H groups in total. The molecule has 0 spiro atoms. The molecule has 2 heteroatoms. The van der Waals surface area contributed by atoms with Crippen molar-refractivity contribution in [1.29, 1.82) is 0 Å². The Balaban J connectivity index is 2.49. The lowest BCUT2D eigenvalue weighted by molar-refractivity contribution is 0.444. The zero-order chi connectivity index (χ0) is 11.8. The van der Waals surface area contributed by atoms with Crippen LogP contribution in [0.2, 0.25) is 5.02 Å². The van der Waals surface area contributed by atoms with Crippen LogP contribution in [0.25, 0.3) is 0 Å². The highest BCUT2D eigenvalue weighted by Gasteiger charge is 2.08. The molecule has 0 heterocycles. The Labute approximate surface area is 104 Å². The number of hydrogen-bond acceptors (Lipinski definition) is 1. The van der Waals surface area contributed by atoms with Crippen LogP contribution >= 0.6 is 11.6 Å². The van der Waals surface area contributed by atoms with Crippen molar-refractivity contribution in [3.8, 4) is 0 Å². The minimum Gasteiger partial charge on any atom is -0.317 e. The molecule has 1 aromatic carbocycles. The van der Waals surface area contributed by atoms with Gasteiger partial charge in [0.1, 0.15) is 0 Å². The van der Waals surface area contributed by atoms with Gasteiger partial charge < -0.3 is 5.32 Å². The molecule has 0 aliphatic heterocycles. The minimum atomic E-state index is 0.742. The average molecular weight is 240 g/mol. The van der Waals surface area contributed by atoms with E-state index >= 15 is 0 Å². The zero-order valence-corrected chi connectivity index (χ0v) is 11.1. The van der Waals surface area contributed by atoms with Crippen molar-refractivity contribution in [3.63, 3.8) is 0 Å². The summed E-state index contributed by atoms with van der Waals surface area (Å²) in [6, 6.07) is 8.23. The van der Waals surface area contributed by atoms with E-state index in [1.54, 1.807) is 0 Å². The van der Waals surface area contributed by atoms with Crippen LogP contribution in [0, 0.1) is 5.92 Å². The summed E-state index contributed by atoms with van der Waals surface area (Å²) in [4.78, 5) is 0.